The smallest absolute Gasteiger partial charge is 0.248 e. The lowest BCUT2D eigenvalue weighted by Crippen LogP contribution is -2.48. The normalized spacial score (nSPS) is 18.5. The Labute approximate surface area is 166 Å². The number of hydrogen-bond acceptors (Lipinski definition) is 5. The molecule has 2 rings (SSSR count). The van der Waals surface area contributed by atoms with Crippen LogP contribution in [0.5, 0.6) is 0 Å². The molecular formula is C17H29Cl2N3O2S. The molecule has 1 atom stereocenters. The number of hydrogen-bond donors (Lipinski definition) is 4. The fraction of sp³-hybridized carbons (Fsp3) is 0.588. The number of thiophene rings is 1. The quantitative estimate of drug-likeness (QED) is 0.557. The van der Waals surface area contributed by atoms with Crippen LogP contribution < -0.4 is 16.0 Å². The van der Waals surface area contributed by atoms with Crippen LogP contribution in [0.25, 0.3) is 0 Å². The number of aliphatic hydroxyl groups excluding tert-OH is 1. The second-order valence-electron chi connectivity index (χ2n) is 7.10. The van der Waals surface area contributed by atoms with Crippen LogP contribution in [-0.2, 0) is 11.3 Å². The van der Waals surface area contributed by atoms with E-state index in [1.165, 1.54) is 4.88 Å². The SMILES string of the molecule is CC1(C)C=C(C(=O)NCC(O)CNCc2cccs2)C(C)(C)N1.Cl.Cl. The lowest BCUT2D eigenvalue weighted by atomic mass is 9.96. The number of amides is 1. The molecule has 0 radical (unpaired) electrons. The molecule has 0 bridgehead atoms. The van der Waals surface area contributed by atoms with E-state index in [0.717, 1.165) is 12.1 Å². The summed E-state index contributed by atoms with van der Waals surface area (Å²) in [6.07, 6.45) is 1.36. The zero-order valence-electron chi connectivity index (χ0n) is 15.1. The Kier molecular flexibility index (Phi) is 9.65. The van der Waals surface area contributed by atoms with Gasteiger partial charge in [-0.05, 0) is 39.1 Å². The minimum absolute atomic E-state index is 0. The van der Waals surface area contributed by atoms with E-state index in [4.69, 9.17) is 0 Å². The number of aliphatic hydroxyl groups is 1. The van der Waals surface area contributed by atoms with Gasteiger partial charge in [-0.1, -0.05) is 12.1 Å². The topological polar surface area (TPSA) is 73.4 Å². The van der Waals surface area contributed by atoms with Crippen molar-refractivity contribution in [2.45, 2.75) is 51.4 Å². The predicted molar refractivity (Wildman–Crippen MR) is 109 cm³/mol. The lowest BCUT2D eigenvalue weighted by molar-refractivity contribution is -0.118. The van der Waals surface area contributed by atoms with Crippen LogP contribution in [0.15, 0.2) is 29.2 Å². The third-order valence-electron chi connectivity index (χ3n) is 3.82. The molecule has 0 aromatic carbocycles. The molecule has 4 N–H and O–H groups in total. The maximum Gasteiger partial charge on any atom is 0.248 e. The van der Waals surface area contributed by atoms with E-state index in [9.17, 15) is 9.90 Å². The molecule has 5 nitrogen and oxygen atoms in total. The third kappa shape index (κ3) is 7.25. The maximum atomic E-state index is 12.4. The summed E-state index contributed by atoms with van der Waals surface area (Å²) in [4.78, 5) is 13.6. The van der Waals surface area contributed by atoms with Crippen molar-refractivity contribution in [1.29, 1.82) is 0 Å². The molecule has 8 heteroatoms. The highest BCUT2D eigenvalue weighted by molar-refractivity contribution is 7.09. The monoisotopic (exact) mass is 409 g/mol. The van der Waals surface area contributed by atoms with Crippen molar-refractivity contribution in [3.05, 3.63) is 34.0 Å². The Bertz CT molecular complexity index is 574. The van der Waals surface area contributed by atoms with Crippen molar-refractivity contribution in [3.63, 3.8) is 0 Å². The summed E-state index contributed by atoms with van der Waals surface area (Å²) >= 11 is 1.68. The van der Waals surface area contributed by atoms with E-state index in [0.29, 0.717) is 6.54 Å². The lowest BCUT2D eigenvalue weighted by Gasteiger charge is -2.27. The largest absolute Gasteiger partial charge is 0.390 e. The first-order valence-electron chi connectivity index (χ1n) is 7.92. The summed E-state index contributed by atoms with van der Waals surface area (Å²) < 4.78 is 0. The summed E-state index contributed by atoms with van der Waals surface area (Å²) in [6.45, 7) is 9.49. The van der Waals surface area contributed by atoms with Gasteiger partial charge in [-0.2, -0.15) is 0 Å². The minimum atomic E-state index is -0.606. The Hall–Kier alpha value is -0.630. The van der Waals surface area contributed by atoms with Gasteiger partial charge in [-0.3, -0.25) is 10.1 Å². The molecule has 1 aliphatic rings. The van der Waals surface area contributed by atoms with Crippen LogP contribution in [-0.4, -0.2) is 41.3 Å². The van der Waals surface area contributed by atoms with Crippen LogP contribution in [0.4, 0.5) is 0 Å². The number of rotatable bonds is 7. The molecule has 1 unspecified atom stereocenters. The van der Waals surface area contributed by atoms with Crippen molar-refractivity contribution in [2.75, 3.05) is 13.1 Å². The van der Waals surface area contributed by atoms with Gasteiger partial charge in [0.25, 0.3) is 0 Å². The van der Waals surface area contributed by atoms with Gasteiger partial charge in [-0.25, -0.2) is 0 Å². The number of nitrogens with one attached hydrogen (secondary N) is 3. The van der Waals surface area contributed by atoms with Crippen molar-refractivity contribution in [2.24, 2.45) is 0 Å². The molecule has 0 saturated carbocycles. The van der Waals surface area contributed by atoms with Gasteiger partial charge in [0.1, 0.15) is 0 Å². The molecular weight excluding hydrogens is 381 g/mol. The molecule has 25 heavy (non-hydrogen) atoms. The Balaban J connectivity index is 0.00000288. The average molecular weight is 410 g/mol. The fourth-order valence-corrected chi connectivity index (χ4v) is 3.63. The number of carbonyl (C=O) groups is 1. The summed E-state index contributed by atoms with van der Waals surface area (Å²) in [5.74, 6) is -0.120. The highest BCUT2D eigenvalue weighted by Gasteiger charge is 2.39. The van der Waals surface area contributed by atoms with E-state index in [2.05, 4.69) is 22.0 Å². The van der Waals surface area contributed by atoms with E-state index in [1.807, 2.05) is 45.2 Å². The summed E-state index contributed by atoms with van der Waals surface area (Å²) in [7, 11) is 0. The second-order valence-corrected chi connectivity index (χ2v) is 8.14. The molecule has 0 spiro atoms. The molecule has 0 saturated heterocycles. The van der Waals surface area contributed by atoms with Crippen molar-refractivity contribution in [1.82, 2.24) is 16.0 Å². The van der Waals surface area contributed by atoms with Crippen molar-refractivity contribution in [3.8, 4) is 0 Å². The van der Waals surface area contributed by atoms with Gasteiger partial charge in [0.2, 0.25) is 5.91 Å². The van der Waals surface area contributed by atoms with E-state index < -0.39 is 6.10 Å². The van der Waals surface area contributed by atoms with Crippen molar-refractivity contribution >= 4 is 42.1 Å². The second kappa shape index (κ2) is 9.90. The van der Waals surface area contributed by atoms with E-state index >= 15 is 0 Å². The summed E-state index contributed by atoms with van der Waals surface area (Å²) in [6, 6.07) is 4.06. The van der Waals surface area contributed by atoms with E-state index in [-0.39, 0.29) is 48.3 Å². The molecule has 1 aliphatic heterocycles. The van der Waals surface area contributed by atoms with Gasteiger partial charge in [0.05, 0.1) is 6.10 Å². The van der Waals surface area contributed by atoms with Gasteiger partial charge in [0, 0.05) is 41.2 Å². The van der Waals surface area contributed by atoms with Crippen LogP contribution in [0.2, 0.25) is 0 Å². The zero-order chi connectivity index (χ0) is 17.1. The molecule has 144 valence electrons. The molecule has 2 heterocycles. The highest BCUT2D eigenvalue weighted by atomic mass is 35.5. The van der Waals surface area contributed by atoms with Gasteiger partial charge < -0.3 is 15.7 Å². The van der Waals surface area contributed by atoms with Crippen LogP contribution in [0, 0.1) is 0 Å². The Morgan fingerprint density at radius 1 is 1.28 bits per heavy atom. The number of carbonyl (C=O) groups excluding carboxylic acids is 1. The third-order valence-corrected chi connectivity index (χ3v) is 4.69. The average Bonchev–Trinajstić information content (AvgIpc) is 3.01. The first-order chi connectivity index (χ1) is 10.7. The zero-order valence-corrected chi connectivity index (χ0v) is 17.5. The predicted octanol–water partition coefficient (Wildman–Crippen LogP) is 2.25. The van der Waals surface area contributed by atoms with Gasteiger partial charge in [0.15, 0.2) is 0 Å². The molecule has 0 aliphatic carbocycles. The molecule has 1 amide bonds. The Morgan fingerprint density at radius 3 is 2.48 bits per heavy atom. The molecule has 0 fully saturated rings. The van der Waals surface area contributed by atoms with E-state index in [1.54, 1.807) is 11.3 Å². The fourth-order valence-electron chi connectivity index (χ4n) is 2.95. The van der Waals surface area contributed by atoms with Gasteiger partial charge in [-0.15, -0.1) is 36.2 Å². The van der Waals surface area contributed by atoms with Crippen molar-refractivity contribution < 1.29 is 9.90 Å². The van der Waals surface area contributed by atoms with Crippen LogP contribution >= 0.6 is 36.2 Å². The first kappa shape index (κ1) is 24.4. The summed E-state index contributed by atoms with van der Waals surface area (Å²) in [5, 5.41) is 21.5. The molecule has 1 aromatic rings. The van der Waals surface area contributed by atoms with Crippen LogP contribution in [0.1, 0.15) is 32.6 Å². The van der Waals surface area contributed by atoms with Crippen LogP contribution in [0.3, 0.4) is 0 Å². The first-order valence-corrected chi connectivity index (χ1v) is 8.80. The molecule has 1 aromatic heterocycles. The standard InChI is InChI=1S/C17H27N3O2S.2ClH/c1-16(2)8-14(17(3,4)20-16)15(22)19-10-12(21)9-18-11-13-6-5-7-23-13;;/h5-8,12,18,20-21H,9-11H2,1-4H3,(H,19,22);2*1H. The maximum absolute atomic E-state index is 12.4. The Morgan fingerprint density at radius 2 is 1.96 bits per heavy atom. The number of halogens is 2. The summed E-state index contributed by atoms with van der Waals surface area (Å²) in [5.41, 5.74) is 0.161. The minimum Gasteiger partial charge on any atom is -0.390 e. The van der Waals surface area contributed by atoms with Gasteiger partial charge >= 0.3 is 0 Å². The highest BCUT2D eigenvalue weighted by Crippen LogP contribution is 2.29.